The third-order valence-corrected chi connectivity index (χ3v) is 5.78. The summed E-state index contributed by atoms with van der Waals surface area (Å²) in [5.74, 6) is 3.64. The van der Waals surface area contributed by atoms with Crippen molar-refractivity contribution in [3.63, 3.8) is 0 Å². The Morgan fingerprint density at radius 1 is 1.09 bits per heavy atom. The number of carbonyl (C=O) groups is 1. The Bertz CT molecular complexity index is 385. The first-order chi connectivity index (χ1) is 11.0. The fraction of sp³-hybridized carbons (Fsp3) is 0.944. The minimum Gasteiger partial charge on any atom is -0.389 e. The van der Waals surface area contributed by atoms with Crippen LogP contribution in [0.1, 0.15) is 46.0 Å². The van der Waals surface area contributed by atoms with Crippen molar-refractivity contribution in [1.82, 2.24) is 10.6 Å². The number of aliphatic hydroxyl groups excluding tert-OH is 1. The second kappa shape index (κ2) is 7.39. The highest BCUT2D eigenvalue weighted by Gasteiger charge is 2.48. The van der Waals surface area contributed by atoms with Crippen LogP contribution in [0.25, 0.3) is 0 Å². The predicted molar refractivity (Wildman–Crippen MR) is 89.0 cm³/mol. The van der Waals surface area contributed by atoms with Gasteiger partial charge in [0.2, 0.25) is 0 Å². The molecule has 3 N–H and O–H groups in total. The van der Waals surface area contributed by atoms with Crippen molar-refractivity contribution >= 4 is 6.03 Å². The zero-order chi connectivity index (χ0) is 16.4. The van der Waals surface area contributed by atoms with E-state index in [0.29, 0.717) is 30.4 Å². The number of amides is 2. The van der Waals surface area contributed by atoms with Crippen molar-refractivity contribution < 1.29 is 14.6 Å². The van der Waals surface area contributed by atoms with E-state index in [0.717, 1.165) is 11.8 Å². The summed E-state index contributed by atoms with van der Waals surface area (Å²) >= 11 is 0. The molecule has 4 aliphatic rings. The van der Waals surface area contributed by atoms with Gasteiger partial charge in [-0.3, -0.25) is 0 Å². The molecule has 0 aromatic heterocycles. The zero-order valence-electron chi connectivity index (χ0n) is 14.5. The van der Waals surface area contributed by atoms with Crippen LogP contribution in [0.5, 0.6) is 0 Å². The van der Waals surface area contributed by atoms with Gasteiger partial charge in [-0.2, -0.15) is 0 Å². The molecule has 132 valence electrons. The molecule has 0 radical (unpaired) electrons. The van der Waals surface area contributed by atoms with Crippen molar-refractivity contribution in [1.29, 1.82) is 0 Å². The summed E-state index contributed by atoms with van der Waals surface area (Å²) < 4.78 is 5.39. The first-order valence-corrected chi connectivity index (χ1v) is 9.31. The van der Waals surface area contributed by atoms with Gasteiger partial charge in [0.1, 0.15) is 0 Å². The van der Waals surface area contributed by atoms with Gasteiger partial charge >= 0.3 is 6.03 Å². The van der Waals surface area contributed by atoms with E-state index in [1.807, 2.05) is 0 Å². The Morgan fingerprint density at radius 2 is 1.70 bits per heavy atom. The van der Waals surface area contributed by atoms with Gasteiger partial charge in [-0.1, -0.05) is 13.8 Å². The molecule has 4 bridgehead atoms. The third-order valence-electron chi connectivity index (χ3n) is 5.78. The molecule has 23 heavy (non-hydrogen) atoms. The molecule has 2 amide bonds. The van der Waals surface area contributed by atoms with Crippen LogP contribution >= 0.6 is 0 Å². The van der Waals surface area contributed by atoms with Gasteiger partial charge in [0.25, 0.3) is 0 Å². The van der Waals surface area contributed by atoms with Gasteiger partial charge < -0.3 is 20.5 Å². The molecule has 5 heteroatoms. The van der Waals surface area contributed by atoms with Crippen molar-refractivity contribution in [3.8, 4) is 0 Å². The van der Waals surface area contributed by atoms with Gasteiger partial charge in [-0.25, -0.2) is 4.79 Å². The molecule has 5 nitrogen and oxygen atoms in total. The normalized spacial score (nSPS) is 36.3. The predicted octanol–water partition coefficient (Wildman–Crippen LogP) is 2.14. The number of rotatable bonds is 7. The van der Waals surface area contributed by atoms with Crippen molar-refractivity contribution in [2.75, 3.05) is 19.8 Å². The van der Waals surface area contributed by atoms with Gasteiger partial charge in [0.15, 0.2) is 0 Å². The second-order valence-electron chi connectivity index (χ2n) is 8.40. The van der Waals surface area contributed by atoms with Gasteiger partial charge in [-0.05, 0) is 61.7 Å². The maximum absolute atomic E-state index is 12.1. The Labute approximate surface area is 139 Å². The van der Waals surface area contributed by atoms with Gasteiger partial charge in [-0.15, -0.1) is 0 Å². The van der Waals surface area contributed by atoms with E-state index >= 15 is 0 Å². The van der Waals surface area contributed by atoms with Gasteiger partial charge in [0, 0.05) is 19.2 Å². The van der Waals surface area contributed by atoms with E-state index in [9.17, 15) is 9.90 Å². The average Bonchev–Trinajstić information content (AvgIpc) is 2.48. The summed E-state index contributed by atoms with van der Waals surface area (Å²) in [4.78, 5) is 12.1. The lowest BCUT2D eigenvalue weighted by molar-refractivity contribution is -0.00979. The Hall–Kier alpha value is -0.810. The molecule has 1 atom stereocenters. The van der Waals surface area contributed by atoms with Crippen LogP contribution in [0.3, 0.4) is 0 Å². The van der Waals surface area contributed by atoms with Crippen LogP contribution in [-0.4, -0.2) is 43.0 Å². The number of aliphatic hydroxyl groups is 1. The second-order valence-corrected chi connectivity index (χ2v) is 8.40. The first-order valence-electron chi connectivity index (χ1n) is 9.31. The van der Waals surface area contributed by atoms with E-state index < -0.39 is 6.10 Å². The molecule has 4 fully saturated rings. The summed E-state index contributed by atoms with van der Waals surface area (Å²) in [5, 5.41) is 15.8. The standard InChI is InChI=1S/C18H32N2O3/c1-11(2)9-23-10-16(21)8-19-18(22)20-17-14-4-12-3-13(6-14)7-15(17)5-12/h11-17,21H,3-10H2,1-2H3,(H2,19,20,22). The van der Waals surface area contributed by atoms with E-state index in [1.54, 1.807) is 0 Å². The summed E-state index contributed by atoms with van der Waals surface area (Å²) in [7, 11) is 0. The maximum atomic E-state index is 12.1. The van der Waals surface area contributed by atoms with Crippen LogP contribution in [-0.2, 0) is 4.74 Å². The monoisotopic (exact) mass is 324 g/mol. The van der Waals surface area contributed by atoms with Crippen LogP contribution in [0.2, 0.25) is 0 Å². The first kappa shape index (κ1) is 17.0. The van der Waals surface area contributed by atoms with Crippen LogP contribution in [0.4, 0.5) is 4.79 Å². The minimum absolute atomic E-state index is 0.134. The lowest BCUT2D eigenvalue weighted by Crippen LogP contribution is -2.57. The Balaban J connectivity index is 1.36. The molecule has 0 saturated heterocycles. The maximum Gasteiger partial charge on any atom is 0.315 e. The minimum atomic E-state index is -0.641. The third kappa shape index (κ3) is 4.38. The summed E-state index contributed by atoms with van der Waals surface area (Å²) in [5.41, 5.74) is 0. The average molecular weight is 324 g/mol. The Morgan fingerprint density at radius 3 is 2.26 bits per heavy atom. The number of hydrogen-bond donors (Lipinski definition) is 3. The smallest absolute Gasteiger partial charge is 0.315 e. The number of carbonyl (C=O) groups excluding carboxylic acids is 1. The highest BCUT2D eigenvalue weighted by molar-refractivity contribution is 5.74. The molecule has 4 rings (SSSR count). The number of urea groups is 1. The van der Waals surface area contributed by atoms with Gasteiger partial charge in [0.05, 0.1) is 12.7 Å². The SMILES string of the molecule is CC(C)COCC(O)CNC(=O)NC1C2CC3CC(C2)CC1C3. The molecule has 0 spiro atoms. The molecule has 1 unspecified atom stereocenters. The molecule has 4 saturated carbocycles. The topological polar surface area (TPSA) is 70.6 Å². The lowest BCUT2D eigenvalue weighted by Gasteiger charge is -2.54. The molecule has 0 aromatic rings. The molecule has 0 aliphatic heterocycles. The number of nitrogens with one attached hydrogen (secondary N) is 2. The van der Waals surface area contributed by atoms with Crippen LogP contribution in [0.15, 0.2) is 0 Å². The number of hydrogen-bond acceptors (Lipinski definition) is 3. The number of ether oxygens (including phenoxy) is 1. The Kier molecular flexibility index (Phi) is 5.47. The van der Waals surface area contributed by atoms with Crippen LogP contribution < -0.4 is 10.6 Å². The highest BCUT2D eigenvalue weighted by Crippen LogP contribution is 2.53. The van der Waals surface area contributed by atoms with E-state index in [-0.39, 0.29) is 19.2 Å². The molecular formula is C18H32N2O3. The van der Waals surface area contributed by atoms with Crippen molar-refractivity contribution in [2.24, 2.45) is 29.6 Å². The lowest BCUT2D eigenvalue weighted by atomic mass is 9.54. The molecule has 0 aromatic carbocycles. The molecule has 0 heterocycles. The molecule has 4 aliphatic carbocycles. The van der Waals surface area contributed by atoms with Crippen molar-refractivity contribution in [3.05, 3.63) is 0 Å². The summed E-state index contributed by atoms with van der Waals surface area (Å²) in [6, 6.07) is 0.211. The van der Waals surface area contributed by atoms with E-state index in [1.165, 1.54) is 32.1 Å². The highest BCUT2D eigenvalue weighted by atomic mass is 16.5. The summed E-state index contributed by atoms with van der Waals surface area (Å²) in [6.45, 7) is 5.30. The largest absolute Gasteiger partial charge is 0.389 e. The fourth-order valence-electron chi connectivity index (χ4n) is 5.07. The summed E-state index contributed by atoms with van der Waals surface area (Å²) in [6.07, 6.45) is 5.97. The molecular weight excluding hydrogens is 292 g/mol. The fourth-order valence-corrected chi connectivity index (χ4v) is 5.07. The van der Waals surface area contributed by atoms with E-state index in [4.69, 9.17) is 4.74 Å². The van der Waals surface area contributed by atoms with Crippen molar-refractivity contribution in [2.45, 2.75) is 58.1 Å². The quantitative estimate of drug-likeness (QED) is 0.672. The van der Waals surface area contributed by atoms with E-state index in [2.05, 4.69) is 24.5 Å². The van der Waals surface area contributed by atoms with Crippen LogP contribution in [0, 0.1) is 29.6 Å². The zero-order valence-corrected chi connectivity index (χ0v) is 14.5.